The van der Waals surface area contributed by atoms with Crippen LogP contribution in [0.4, 0.5) is 4.39 Å². The summed E-state index contributed by atoms with van der Waals surface area (Å²) in [6.07, 6.45) is 0.694. The van der Waals surface area contributed by atoms with Crippen molar-refractivity contribution in [3.05, 3.63) is 34.6 Å². The lowest BCUT2D eigenvalue weighted by Crippen LogP contribution is -1.92. The van der Waals surface area contributed by atoms with E-state index >= 15 is 0 Å². The van der Waals surface area contributed by atoms with Crippen LogP contribution in [0.1, 0.15) is 10.4 Å². The lowest BCUT2D eigenvalue weighted by Gasteiger charge is -2.04. The highest BCUT2D eigenvalue weighted by Crippen LogP contribution is 2.27. The van der Waals surface area contributed by atoms with E-state index in [2.05, 4.69) is 15.9 Å². The number of alkyl halides is 1. The average molecular weight is 251 g/mol. The Morgan fingerprint density at radius 2 is 2.25 bits per heavy atom. The Kier molecular flexibility index (Phi) is 3.23. The molecule has 0 aliphatic heterocycles. The molecule has 0 amide bonds. The van der Waals surface area contributed by atoms with Gasteiger partial charge in [0.15, 0.2) is 0 Å². The van der Waals surface area contributed by atoms with Crippen molar-refractivity contribution in [2.45, 2.75) is 4.83 Å². The lowest BCUT2D eigenvalue weighted by molar-refractivity contribution is -0.107. The van der Waals surface area contributed by atoms with E-state index in [1.165, 1.54) is 18.2 Å². The van der Waals surface area contributed by atoms with Crippen molar-refractivity contribution in [1.29, 1.82) is 0 Å². The third-order valence-corrected chi connectivity index (χ3v) is 2.42. The maximum absolute atomic E-state index is 12.5. The fourth-order valence-electron chi connectivity index (χ4n) is 0.798. The molecular weight excluding hydrogens is 246 g/mol. The van der Waals surface area contributed by atoms with Crippen molar-refractivity contribution < 1.29 is 9.18 Å². The molecule has 0 aliphatic rings. The Balaban J connectivity index is 3.09. The number of carbonyl (C=O) groups is 1. The molecule has 1 rings (SSSR count). The van der Waals surface area contributed by atoms with Crippen LogP contribution in [0.25, 0.3) is 0 Å². The lowest BCUT2D eigenvalue weighted by atomic mass is 10.2. The summed E-state index contributed by atoms with van der Waals surface area (Å²) in [5, 5.41) is 0.254. The Labute approximate surface area is 82.7 Å². The van der Waals surface area contributed by atoms with Gasteiger partial charge in [-0.3, -0.25) is 0 Å². The van der Waals surface area contributed by atoms with E-state index in [1.807, 2.05) is 0 Å². The van der Waals surface area contributed by atoms with Crippen molar-refractivity contribution in [2.75, 3.05) is 0 Å². The summed E-state index contributed by atoms with van der Waals surface area (Å²) in [7, 11) is 0. The van der Waals surface area contributed by atoms with Gasteiger partial charge in [-0.2, -0.15) is 0 Å². The minimum atomic E-state index is -0.467. The second-order valence-corrected chi connectivity index (χ2v) is 3.60. The van der Waals surface area contributed by atoms with Gasteiger partial charge < -0.3 is 4.79 Å². The van der Waals surface area contributed by atoms with E-state index in [4.69, 9.17) is 11.6 Å². The van der Waals surface area contributed by atoms with E-state index in [1.54, 1.807) is 0 Å². The van der Waals surface area contributed by atoms with Gasteiger partial charge in [-0.15, -0.1) is 0 Å². The third-order valence-electron chi connectivity index (χ3n) is 1.38. The van der Waals surface area contributed by atoms with Crippen molar-refractivity contribution in [3.63, 3.8) is 0 Å². The maximum Gasteiger partial charge on any atom is 0.138 e. The summed E-state index contributed by atoms with van der Waals surface area (Å²) in [5.74, 6) is -0.408. The molecule has 1 atom stereocenters. The van der Waals surface area contributed by atoms with Gasteiger partial charge in [0.25, 0.3) is 0 Å². The number of halogens is 3. The molecule has 0 radical (unpaired) electrons. The Morgan fingerprint density at radius 1 is 1.58 bits per heavy atom. The average Bonchev–Trinajstić information content (AvgIpc) is 2.03. The predicted molar refractivity (Wildman–Crippen MR) is 49.1 cm³/mol. The molecule has 0 unspecified atom stereocenters. The summed E-state index contributed by atoms with van der Waals surface area (Å²) in [5.41, 5.74) is 0.577. The molecule has 4 heteroatoms. The second kappa shape index (κ2) is 4.01. The van der Waals surface area contributed by atoms with Crippen LogP contribution in [0, 0.1) is 5.82 Å². The summed E-state index contributed by atoms with van der Waals surface area (Å²) >= 11 is 8.76. The van der Waals surface area contributed by atoms with Gasteiger partial charge in [0, 0.05) is 5.02 Å². The van der Waals surface area contributed by atoms with Gasteiger partial charge in [0.05, 0.1) is 4.83 Å². The standard InChI is InChI=1S/C8H5BrClFO/c9-7(4-12)6-2-1-5(11)3-8(6)10/h1-4,7H/t7-/m1/s1. The van der Waals surface area contributed by atoms with Crippen molar-refractivity contribution in [1.82, 2.24) is 0 Å². The van der Waals surface area contributed by atoms with Crippen LogP contribution in [0.2, 0.25) is 5.02 Å². The summed E-state index contributed by atoms with van der Waals surface area (Å²) < 4.78 is 12.5. The molecule has 0 aromatic heterocycles. The number of rotatable bonds is 2. The van der Waals surface area contributed by atoms with Crippen LogP contribution in [0.3, 0.4) is 0 Å². The van der Waals surface area contributed by atoms with E-state index in [0.29, 0.717) is 11.8 Å². The van der Waals surface area contributed by atoms with Gasteiger partial charge in [-0.05, 0) is 17.7 Å². The number of aldehydes is 1. The largest absolute Gasteiger partial charge is 0.302 e. The Morgan fingerprint density at radius 3 is 2.75 bits per heavy atom. The normalized spacial score (nSPS) is 12.6. The molecule has 64 valence electrons. The molecule has 1 nitrogen and oxygen atoms in total. The van der Waals surface area contributed by atoms with Crippen LogP contribution < -0.4 is 0 Å². The second-order valence-electron chi connectivity index (χ2n) is 2.20. The minimum Gasteiger partial charge on any atom is -0.302 e. The zero-order chi connectivity index (χ0) is 9.14. The summed E-state index contributed by atoms with van der Waals surface area (Å²) in [4.78, 5) is 9.88. The van der Waals surface area contributed by atoms with Gasteiger partial charge in [0.2, 0.25) is 0 Å². The van der Waals surface area contributed by atoms with E-state index < -0.39 is 10.6 Å². The first-order chi connectivity index (χ1) is 5.65. The quantitative estimate of drug-likeness (QED) is 0.583. The Bertz CT molecular complexity index is 303. The van der Waals surface area contributed by atoms with Gasteiger partial charge in [0.1, 0.15) is 12.1 Å². The number of carbonyl (C=O) groups excluding carboxylic acids is 1. The highest BCUT2D eigenvalue weighted by Gasteiger charge is 2.10. The van der Waals surface area contributed by atoms with Crippen molar-refractivity contribution in [3.8, 4) is 0 Å². The third kappa shape index (κ3) is 2.05. The molecule has 0 spiro atoms. The van der Waals surface area contributed by atoms with Crippen molar-refractivity contribution in [2.24, 2.45) is 0 Å². The molecule has 0 heterocycles. The zero-order valence-electron chi connectivity index (χ0n) is 5.93. The molecule has 0 saturated heterocycles. The fourth-order valence-corrected chi connectivity index (χ4v) is 1.61. The topological polar surface area (TPSA) is 17.1 Å². The highest BCUT2D eigenvalue weighted by atomic mass is 79.9. The fraction of sp³-hybridized carbons (Fsp3) is 0.125. The van der Waals surface area contributed by atoms with Gasteiger partial charge >= 0.3 is 0 Å². The van der Waals surface area contributed by atoms with Crippen molar-refractivity contribution >= 4 is 33.8 Å². The van der Waals surface area contributed by atoms with Gasteiger partial charge in [-0.25, -0.2) is 4.39 Å². The van der Waals surface area contributed by atoms with Crippen LogP contribution in [0.15, 0.2) is 18.2 Å². The predicted octanol–water partition coefficient (Wildman–Crippen LogP) is 3.11. The first kappa shape index (κ1) is 9.68. The van der Waals surface area contributed by atoms with Crippen LogP contribution in [0.5, 0.6) is 0 Å². The minimum absolute atomic E-state index is 0.254. The first-order valence-electron chi connectivity index (χ1n) is 3.19. The molecular formula is C8H5BrClFO. The van der Waals surface area contributed by atoms with E-state index in [-0.39, 0.29) is 5.02 Å². The molecule has 0 saturated carbocycles. The smallest absolute Gasteiger partial charge is 0.138 e. The van der Waals surface area contributed by atoms with E-state index in [9.17, 15) is 9.18 Å². The molecule has 1 aromatic carbocycles. The monoisotopic (exact) mass is 250 g/mol. The van der Waals surface area contributed by atoms with Crippen LogP contribution >= 0.6 is 27.5 Å². The first-order valence-corrected chi connectivity index (χ1v) is 4.49. The number of hydrogen-bond donors (Lipinski definition) is 0. The van der Waals surface area contributed by atoms with Crippen LogP contribution in [-0.4, -0.2) is 6.29 Å². The molecule has 1 aromatic rings. The molecule has 0 fully saturated rings. The molecule has 12 heavy (non-hydrogen) atoms. The van der Waals surface area contributed by atoms with E-state index in [0.717, 1.165) is 0 Å². The summed E-state index contributed by atoms with van der Waals surface area (Å²) in [6, 6.07) is 3.92. The molecule has 0 bridgehead atoms. The summed E-state index contributed by atoms with van der Waals surface area (Å²) in [6.45, 7) is 0. The van der Waals surface area contributed by atoms with Gasteiger partial charge in [-0.1, -0.05) is 33.6 Å². The van der Waals surface area contributed by atoms with Crippen LogP contribution in [-0.2, 0) is 4.79 Å². The maximum atomic E-state index is 12.5. The zero-order valence-corrected chi connectivity index (χ0v) is 8.27. The number of hydrogen-bond acceptors (Lipinski definition) is 1. The number of benzene rings is 1. The SMILES string of the molecule is O=C[C@@H](Br)c1ccc(F)cc1Cl. The Hall–Kier alpha value is -0.410. The molecule has 0 aliphatic carbocycles. The highest BCUT2D eigenvalue weighted by molar-refractivity contribution is 9.09. The molecule has 0 N–H and O–H groups in total.